The first-order valence-corrected chi connectivity index (χ1v) is 22.9. The van der Waals surface area contributed by atoms with Crippen molar-refractivity contribution in [3.63, 3.8) is 0 Å². The zero-order valence-electron chi connectivity index (χ0n) is 37.0. The Kier molecular flexibility index (Phi) is 24.6. The first-order chi connectivity index (χ1) is 28.0. The molecule has 0 fully saturated rings. The van der Waals surface area contributed by atoms with Crippen molar-refractivity contribution in [1.29, 1.82) is 0 Å². The molecule has 0 heterocycles. The Labute approximate surface area is 348 Å². The lowest BCUT2D eigenvalue weighted by molar-refractivity contribution is 0.112. The number of aldehydes is 1. The predicted octanol–water partition coefficient (Wildman–Crippen LogP) is 15.7. The Bertz CT molecular complexity index is 1620. The summed E-state index contributed by atoms with van der Waals surface area (Å²) in [5.74, 6) is 2.46. The van der Waals surface area contributed by atoms with Crippen LogP contribution in [0.1, 0.15) is 205 Å². The van der Waals surface area contributed by atoms with Crippen molar-refractivity contribution in [3.8, 4) is 17.2 Å². The van der Waals surface area contributed by atoms with Gasteiger partial charge in [0, 0.05) is 16.7 Å². The summed E-state index contributed by atoms with van der Waals surface area (Å²) in [7, 11) is 5.20. The van der Waals surface area contributed by atoms with E-state index in [9.17, 15) is 4.79 Å². The molecule has 3 aromatic carbocycles. The number of carbonyl (C=O) groups is 1. The number of rotatable bonds is 32. The second kappa shape index (κ2) is 29.4. The first-order valence-electron chi connectivity index (χ1n) is 22.9. The van der Waals surface area contributed by atoms with Crippen LogP contribution in [0, 0.1) is 0 Å². The van der Waals surface area contributed by atoms with Crippen LogP contribution < -0.4 is 14.2 Å². The fourth-order valence-corrected chi connectivity index (χ4v) is 7.89. The van der Waals surface area contributed by atoms with Crippen LogP contribution in [0.5, 0.6) is 17.2 Å². The van der Waals surface area contributed by atoms with Crippen LogP contribution in [0.15, 0.2) is 42.5 Å². The second-order valence-electron chi connectivity index (χ2n) is 16.0. The molecule has 0 amide bonds. The van der Waals surface area contributed by atoms with Crippen LogP contribution in [0.4, 0.5) is 0 Å². The standard InChI is InChI=1S/C53H78O4/c1-7-10-13-16-19-22-25-28-43-35-36-51(55-4)39-46(43)31-33-48-37-44(29-26-23-20-17-14-11-8-2)47(40-52(48)56-5)32-34-49-38-45(50(42-54)41-53(49)57-6)30-27-24-21-18-15-12-9-3/h31-42H,7-30H2,1-6H3/b33-31+,34-32+. The highest BCUT2D eigenvalue weighted by Crippen LogP contribution is 2.32. The molecule has 0 aliphatic carbocycles. The lowest BCUT2D eigenvalue weighted by Crippen LogP contribution is -1.98. The number of unbranched alkanes of at least 4 members (excludes halogenated alkanes) is 18. The highest BCUT2D eigenvalue weighted by molar-refractivity contribution is 5.83. The van der Waals surface area contributed by atoms with E-state index >= 15 is 0 Å². The lowest BCUT2D eigenvalue weighted by Gasteiger charge is -2.14. The number of methoxy groups -OCH3 is 3. The average molecular weight is 779 g/mol. The van der Waals surface area contributed by atoms with Crippen LogP contribution in [0.25, 0.3) is 24.3 Å². The van der Waals surface area contributed by atoms with E-state index in [-0.39, 0.29) is 0 Å². The van der Waals surface area contributed by atoms with Crippen LogP contribution in [0.2, 0.25) is 0 Å². The minimum atomic E-state index is 0.724. The number of hydrogen-bond acceptors (Lipinski definition) is 4. The van der Waals surface area contributed by atoms with Crippen molar-refractivity contribution in [1.82, 2.24) is 0 Å². The maximum atomic E-state index is 12.1. The summed E-state index contributed by atoms with van der Waals surface area (Å²) in [6.07, 6.45) is 39.6. The molecule has 3 aromatic rings. The van der Waals surface area contributed by atoms with Gasteiger partial charge in [-0.1, -0.05) is 167 Å². The Morgan fingerprint density at radius 2 is 0.754 bits per heavy atom. The van der Waals surface area contributed by atoms with Gasteiger partial charge in [-0.3, -0.25) is 4.79 Å². The normalized spacial score (nSPS) is 11.5. The fraction of sp³-hybridized carbons (Fsp3) is 0.566. The van der Waals surface area contributed by atoms with Crippen LogP contribution in [0.3, 0.4) is 0 Å². The SMILES string of the molecule is CCCCCCCCCc1cc(/C=C/c2cc(OC)c(/C=C/c3cc(OC)ccc3CCCCCCCCC)cc2CCCCCCCCC)c(OC)cc1C=O. The molecule has 0 spiro atoms. The average Bonchev–Trinajstić information content (AvgIpc) is 3.24. The molecule has 0 N–H and O–H groups in total. The van der Waals surface area contributed by atoms with Gasteiger partial charge in [0.2, 0.25) is 0 Å². The molecule has 4 heteroatoms. The van der Waals surface area contributed by atoms with Crippen LogP contribution in [-0.2, 0) is 19.3 Å². The number of ether oxygens (including phenoxy) is 3. The van der Waals surface area contributed by atoms with Crippen molar-refractivity contribution in [2.45, 2.75) is 175 Å². The molecule has 0 radical (unpaired) electrons. The van der Waals surface area contributed by atoms with Gasteiger partial charge in [-0.15, -0.1) is 0 Å². The van der Waals surface area contributed by atoms with Crippen molar-refractivity contribution < 1.29 is 19.0 Å². The number of aryl methyl sites for hydroxylation is 3. The van der Waals surface area contributed by atoms with Gasteiger partial charge in [-0.05, 0) is 103 Å². The summed E-state index contributed by atoms with van der Waals surface area (Å²) in [4.78, 5) is 12.1. The van der Waals surface area contributed by atoms with Crippen molar-refractivity contribution in [2.24, 2.45) is 0 Å². The smallest absolute Gasteiger partial charge is 0.150 e. The van der Waals surface area contributed by atoms with Crippen LogP contribution >= 0.6 is 0 Å². The summed E-state index contributed by atoms with van der Waals surface area (Å²) in [6.45, 7) is 6.81. The predicted molar refractivity (Wildman–Crippen MR) is 247 cm³/mol. The summed E-state index contributed by atoms with van der Waals surface area (Å²) in [5.41, 5.74) is 8.96. The molecular formula is C53H78O4. The summed E-state index contributed by atoms with van der Waals surface area (Å²) in [6, 6.07) is 15.1. The first kappa shape index (κ1) is 47.6. The maximum Gasteiger partial charge on any atom is 0.150 e. The Morgan fingerprint density at radius 1 is 0.386 bits per heavy atom. The third-order valence-corrected chi connectivity index (χ3v) is 11.5. The fourth-order valence-electron chi connectivity index (χ4n) is 7.89. The lowest BCUT2D eigenvalue weighted by atomic mass is 9.94. The molecule has 0 saturated heterocycles. The number of carbonyl (C=O) groups excluding carboxylic acids is 1. The molecule has 0 unspecified atom stereocenters. The van der Waals surface area contributed by atoms with Crippen molar-refractivity contribution in [2.75, 3.05) is 21.3 Å². The van der Waals surface area contributed by atoms with E-state index in [4.69, 9.17) is 14.2 Å². The van der Waals surface area contributed by atoms with E-state index in [1.807, 2.05) is 6.07 Å². The topological polar surface area (TPSA) is 44.8 Å². The molecule has 0 aromatic heterocycles. The molecule has 4 nitrogen and oxygen atoms in total. The largest absolute Gasteiger partial charge is 0.497 e. The van der Waals surface area contributed by atoms with Gasteiger partial charge < -0.3 is 14.2 Å². The van der Waals surface area contributed by atoms with E-state index in [0.717, 1.165) is 83.5 Å². The van der Waals surface area contributed by atoms with Crippen molar-refractivity contribution in [3.05, 3.63) is 87.0 Å². The zero-order valence-corrected chi connectivity index (χ0v) is 37.0. The molecule has 3 rings (SSSR count). The minimum absolute atomic E-state index is 0.724. The second-order valence-corrected chi connectivity index (χ2v) is 16.0. The van der Waals surface area contributed by atoms with Gasteiger partial charge in [0.05, 0.1) is 21.3 Å². The molecule has 0 aliphatic heterocycles. The molecular weight excluding hydrogens is 701 g/mol. The van der Waals surface area contributed by atoms with Gasteiger partial charge in [0.1, 0.15) is 23.5 Å². The molecule has 0 saturated carbocycles. The van der Waals surface area contributed by atoms with Crippen molar-refractivity contribution >= 4 is 30.6 Å². The number of benzene rings is 3. The highest BCUT2D eigenvalue weighted by atomic mass is 16.5. The highest BCUT2D eigenvalue weighted by Gasteiger charge is 2.12. The molecule has 0 bridgehead atoms. The van der Waals surface area contributed by atoms with E-state index in [1.54, 1.807) is 21.3 Å². The van der Waals surface area contributed by atoms with E-state index in [1.165, 1.54) is 139 Å². The summed E-state index contributed by atoms with van der Waals surface area (Å²) in [5, 5.41) is 0. The minimum Gasteiger partial charge on any atom is -0.497 e. The summed E-state index contributed by atoms with van der Waals surface area (Å²) < 4.78 is 17.5. The quantitative estimate of drug-likeness (QED) is 0.0360. The molecule has 314 valence electrons. The Hall–Kier alpha value is -3.79. The molecule has 57 heavy (non-hydrogen) atoms. The Morgan fingerprint density at radius 3 is 1.18 bits per heavy atom. The monoisotopic (exact) mass is 779 g/mol. The number of hydrogen-bond donors (Lipinski definition) is 0. The van der Waals surface area contributed by atoms with Gasteiger partial charge in [0.15, 0.2) is 0 Å². The third kappa shape index (κ3) is 17.7. The van der Waals surface area contributed by atoms with Gasteiger partial charge in [-0.2, -0.15) is 0 Å². The maximum absolute atomic E-state index is 12.1. The molecule has 0 atom stereocenters. The van der Waals surface area contributed by atoms with Gasteiger partial charge >= 0.3 is 0 Å². The third-order valence-electron chi connectivity index (χ3n) is 11.5. The zero-order chi connectivity index (χ0) is 40.9. The van der Waals surface area contributed by atoms with Gasteiger partial charge in [-0.25, -0.2) is 0 Å². The van der Waals surface area contributed by atoms with E-state index < -0.39 is 0 Å². The van der Waals surface area contributed by atoms with Crippen LogP contribution in [-0.4, -0.2) is 27.6 Å². The van der Waals surface area contributed by atoms with E-state index in [0.29, 0.717) is 0 Å². The van der Waals surface area contributed by atoms with Gasteiger partial charge in [0.25, 0.3) is 0 Å². The molecule has 0 aliphatic rings. The summed E-state index contributed by atoms with van der Waals surface area (Å²) >= 11 is 0. The van der Waals surface area contributed by atoms with E-state index in [2.05, 4.69) is 81.5 Å². The Balaban J connectivity index is 1.91.